The molecule has 120 valence electrons. The first kappa shape index (κ1) is 14.8. The third-order valence-corrected chi connectivity index (χ3v) is 3.41. The van der Waals surface area contributed by atoms with E-state index in [1.165, 1.54) is 7.11 Å². The Labute approximate surface area is 122 Å². The molecular formula is C11H13F2N5O4. The highest BCUT2D eigenvalue weighted by molar-refractivity contribution is 5.77. The van der Waals surface area contributed by atoms with Crippen LogP contribution in [0, 0.1) is 0 Å². The summed E-state index contributed by atoms with van der Waals surface area (Å²) in [4.78, 5) is 11.6. The molecule has 3 heterocycles. The molecule has 2 aromatic heterocycles. The normalized spacial score (nSPS) is 27.4. The Kier molecular flexibility index (Phi) is 3.34. The van der Waals surface area contributed by atoms with Gasteiger partial charge in [0.05, 0.1) is 20.0 Å². The number of rotatable bonds is 3. The third-order valence-electron chi connectivity index (χ3n) is 3.41. The number of alkyl halides is 2. The van der Waals surface area contributed by atoms with Gasteiger partial charge in [-0.05, 0) is 0 Å². The molecule has 1 saturated heterocycles. The summed E-state index contributed by atoms with van der Waals surface area (Å²) in [7, 11) is 1.33. The Morgan fingerprint density at radius 1 is 1.50 bits per heavy atom. The summed E-state index contributed by atoms with van der Waals surface area (Å²) >= 11 is 0. The van der Waals surface area contributed by atoms with Gasteiger partial charge in [0.25, 0.3) is 0 Å². The molecule has 0 aliphatic carbocycles. The molecule has 3 atom stereocenters. The predicted octanol–water partition coefficient (Wildman–Crippen LogP) is -0.697. The van der Waals surface area contributed by atoms with E-state index in [9.17, 15) is 13.9 Å². The smallest absolute Gasteiger partial charge is 0.320 e. The van der Waals surface area contributed by atoms with Crippen LogP contribution in [0.2, 0.25) is 0 Å². The molecular weight excluding hydrogens is 304 g/mol. The molecule has 11 heteroatoms. The number of aliphatic hydroxyl groups excluding tert-OH is 2. The molecule has 0 spiro atoms. The second kappa shape index (κ2) is 4.97. The van der Waals surface area contributed by atoms with E-state index in [0.717, 1.165) is 10.9 Å². The molecule has 22 heavy (non-hydrogen) atoms. The number of hydrogen-bond donors (Lipinski definition) is 3. The number of nitrogen functional groups attached to an aromatic ring is 1. The Morgan fingerprint density at radius 3 is 2.82 bits per heavy atom. The molecule has 9 nitrogen and oxygen atoms in total. The SMILES string of the molecule is COc1nc(N)nc2c1ncn2[C@@H]1O[C@H](CO)[C@@H](O)C1(F)F. The summed E-state index contributed by atoms with van der Waals surface area (Å²) in [6.07, 6.45) is -4.39. The maximum absolute atomic E-state index is 14.2. The Bertz CT molecular complexity index is 709. The van der Waals surface area contributed by atoms with Gasteiger partial charge in [-0.3, -0.25) is 4.57 Å². The summed E-state index contributed by atoms with van der Waals surface area (Å²) in [5, 5.41) is 18.6. The van der Waals surface area contributed by atoms with E-state index in [0.29, 0.717) is 0 Å². The van der Waals surface area contributed by atoms with Crippen LogP contribution in [-0.4, -0.2) is 61.6 Å². The number of aromatic nitrogens is 4. The molecule has 1 fully saturated rings. The zero-order valence-electron chi connectivity index (χ0n) is 11.3. The maximum Gasteiger partial charge on any atom is 0.320 e. The predicted molar refractivity (Wildman–Crippen MR) is 68.2 cm³/mol. The van der Waals surface area contributed by atoms with Crippen LogP contribution in [0.1, 0.15) is 6.23 Å². The largest absolute Gasteiger partial charge is 0.479 e. The first-order valence-corrected chi connectivity index (χ1v) is 6.26. The molecule has 1 aliphatic heterocycles. The standard InChI is InChI=1S/C11H13F2N5O4/c1-21-8-5-7(16-10(14)17-8)18(3-15-5)9-11(12,13)6(20)4(2-19)22-9/h3-4,6,9,19-20H,2H2,1H3,(H2,14,16,17)/t4-,6-,9-/m1/s1. The van der Waals surface area contributed by atoms with Crippen molar-refractivity contribution in [2.24, 2.45) is 0 Å². The Morgan fingerprint density at radius 2 is 2.23 bits per heavy atom. The van der Waals surface area contributed by atoms with Crippen molar-refractivity contribution >= 4 is 17.1 Å². The molecule has 3 rings (SSSR count). The third kappa shape index (κ3) is 1.97. The van der Waals surface area contributed by atoms with Crippen molar-refractivity contribution in [3.8, 4) is 5.88 Å². The van der Waals surface area contributed by atoms with Crippen molar-refractivity contribution in [1.29, 1.82) is 0 Å². The number of nitrogens with zero attached hydrogens (tertiary/aromatic N) is 4. The lowest BCUT2D eigenvalue weighted by Gasteiger charge is -2.20. The number of aliphatic hydroxyl groups is 2. The monoisotopic (exact) mass is 317 g/mol. The molecule has 0 amide bonds. The minimum Gasteiger partial charge on any atom is -0.479 e. The highest BCUT2D eigenvalue weighted by atomic mass is 19.3. The lowest BCUT2D eigenvalue weighted by Crippen LogP contribution is -2.39. The van der Waals surface area contributed by atoms with Gasteiger partial charge in [0.1, 0.15) is 6.10 Å². The van der Waals surface area contributed by atoms with Gasteiger partial charge in [0, 0.05) is 0 Å². The van der Waals surface area contributed by atoms with Crippen LogP contribution in [0.15, 0.2) is 6.33 Å². The minimum absolute atomic E-state index is 0.0279. The molecule has 2 aromatic rings. The highest BCUT2D eigenvalue weighted by Gasteiger charge is 2.59. The quantitative estimate of drug-likeness (QED) is 0.678. The number of anilines is 1. The van der Waals surface area contributed by atoms with Gasteiger partial charge in [0.2, 0.25) is 18.1 Å². The summed E-state index contributed by atoms with van der Waals surface area (Å²) in [5.41, 5.74) is 5.61. The fourth-order valence-corrected chi connectivity index (χ4v) is 2.34. The van der Waals surface area contributed by atoms with Gasteiger partial charge < -0.3 is 25.4 Å². The van der Waals surface area contributed by atoms with E-state index in [-0.39, 0.29) is 23.0 Å². The van der Waals surface area contributed by atoms with Crippen LogP contribution in [0.5, 0.6) is 5.88 Å². The van der Waals surface area contributed by atoms with Crippen molar-refractivity contribution in [1.82, 2.24) is 19.5 Å². The Balaban J connectivity index is 2.13. The maximum atomic E-state index is 14.2. The van der Waals surface area contributed by atoms with E-state index >= 15 is 0 Å². The average Bonchev–Trinajstić information content (AvgIpc) is 2.98. The second-order valence-corrected chi connectivity index (χ2v) is 4.74. The van der Waals surface area contributed by atoms with Crippen LogP contribution in [-0.2, 0) is 4.74 Å². The number of halogens is 2. The zero-order chi connectivity index (χ0) is 16.1. The van der Waals surface area contributed by atoms with Crippen molar-refractivity contribution in [2.45, 2.75) is 24.4 Å². The molecule has 0 saturated carbocycles. The molecule has 0 aromatic carbocycles. The fourth-order valence-electron chi connectivity index (χ4n) is 2.34. The summed E-state index contributed by atoms with van der Waals surface area (Å²) < 4.78 is 39.3. The number of ether oxygens (including phenoxy) is 2. The topological polar surface area (TPSA) is 129 Å². The highest BCUT2D eigenvalue weighted by Crippen LogP contribution is 2.43. The number of imidazole rings is 1. The van der Waals surface area contributed by atoms with Crippen molar-refractivity contribution in [2.75, 3.05) is 19.5 Å². The summed E-state index contributed by atoms with van der Waals surface area (Å²) in [5.74, 6) is -3.80. The molecule has 0 unspecified atom stereocenters. The molecule has 0 bridgehead atoms. The van der Waals surface area contributed by atoms with Crippen LogP contribution < -0.4 is 10.5 Å². The van der Waals surface area contributed by atoms with E-state index in [1.54, 1.807) is 0 Å². The number of fused-ring (bicyclic) bond motifs is 1. The average molecular weight is 317 g/mol. The van der Waals surface area contributed by atoms with Crippen LogP contribution >= 0.6 is 0 Å². The van der Waals surface area contributed by atoms with E-state index < -0.39 is 31.0 Å². The van der Waals surface area contributed by atoms with Gasteiger partial charge in [-0.2, -0.15) is 18.7 Å². The van der Waals surface area contributed by atoms with Crippen LogP contribution in [0.4, 0.5) is 14.7 Å². The van der Waals surface area contributed by atoms with Crippen molar-refractivity contribution < 1.29 is 28.5 Å². The first-order valence-electron chi connectivity index (χ1n) is 6.26. The molecule has 0 radical (unpaired) electrons. The van der Waals surface area contributed by atoms with Gasteiger partial charge in [-0.1, -0.05) is 0 Å². The van der Waals surface area contributed by atoms with E-state index in [2.05, 4.69) is 15.0 Å². The van der Waals surface area contributed by atoms with Gasteiger partial charge in [-0.15, -0.1) is 0 Å². The second-order valence-electron chi connectivity index (χ2n) is 4.74. The summed E-state index contributed by atoms with van der Waals surface area (Å²) in [6.45, 7) is -0.750. The Hall–Kier alpha value is -2.11. The fraction of sp³-hybridized carbons (Fsp3) is 0.545. The minimum atomic E-state index is -3.64. The lowest BCUT2D eigenvalue weighted by molar-refractivity contribution is -0.138. The lowest BCUT2D eigenvalue weighted by atomic mass is 10.1. The van der Waals surface area contributed by atoms with E-state index in [4.69, 9.17) is 20.3 Å². The number of hydrogen-bond acceptors (Lipinski definition) is 8. The first-order chi connectivity index (χ1) is 10.4. The number of methoxy groups -OCH3 is 1. The van der Waals surface area contributed by atoms with Gasteiger partial charge in [0.15, 0.2) is 17.3 Å². The van der Waals surface area contributed by atoms with Gasteiger partial charge >= 0.3 is 5.92 Å². The van der Waals surface area contributed by atoms with Crippen LogP contribution in [0.25, 0.3) is 11.2 Å². The van der Waals surface area contributed by atoms with Crippen LogP contribution in [0.3, 0.4) is 0 Å². The zero-order valence-corrected chi connectivity index (χ0v) is 11.3. The molecule has 4 N–H and O–H groups in total. The van der Waals surface area contributed by atoms with Crippen molar-refractivity contribution in [3.05, 3.63) is 6.33 Å². The number of nitrogens with two attached hydrogens (primary N) is 1. The molecule has 1 aliphatic rings. The van der Waals surface area contributed by atoms with Crippen molar-refractivity contribution in [3.63, 3.8) is 0 Å². The summed E-state index contributed by atoms with van der Waals surface area (Å²) in [6, 6.07) is 0. The van der Waals surface area contributed by atoms with E-state index in [1.807, 2.05) is 0 Å². The van der Waals surface area contributed by atoms with Gasteiger partial charge in [-0.25, -0.2) is 4.98 Å².